The van der Waals surface area contributed by atoms with Gasteiger partial charge in [-0.15, -0.1) is 11.3 Å². The quantitative estimate of drug-likeness (QED) is 0.717. The van der Waals surface area contributed by atoms with Crippen LogP contribution in [0.2, 0.25) is 0 Å². The Kier molecular flexibility index (Phi) is 5.58. The van der Waals surface area contributed by atoms with Crippen molar-refractivity contribution in [3.8, 4) is 16.3 Å². The number of nitrogens with one attached hydrogen (secondary N) is 1. The van der Waals surface area contributed by atoms with Crippen LogP contribution in [0.3, 0.4) is 0 Å². The van der Waals surface area contributed by atoms with Crippen molar-refractivity contribution < 1.29 is 13.9 Å². The van der Waals surface area contributed by atoms with Crippen LogP contribution < -0.4 is 10.1 Å². The van der Waals surface area contributed by atoms with Crippen LogP contribution in [-0.2, 0) is 11.3 Å². The number of hydrogen-bond acceptors (Lipinski definition) is 5. The Morgan fingerprint density at radius 3 is 2.92 bits per heavy atom. The number of carbonyl (C=O) groups excluding carboxylic acids is 1. The summed E-state index contributed by atoms with van der Waals surface area (Å²) in [5, 5.41) is 3.70. The minimum Gasteiger partial charge on any atom is -0.481 e. The van der Waals surface area contributed by atoms with E-state index < -0.39 is 11.9 Å². The van der Waals surface area contributed by atoms with E-state index in [4.69, 9.17) is 4.74 Å². The Bertz CT molecular complexity index is 899. The van der Waals surface area contributed by atoms with Gasteiger partial charge in [0.05, 0.1) is 12.2 Å². The molecule has 0 aliphatic carbocycles. The van der Waals surface area contributed by atoms with Crippen molar-refractivity contribution in [2.45, 2.75) is 26.5 Å². The molecule has 7 heteroatoms. The zero-order valence-electron chi connectivity index (χ0n) is 14.4. The smallest absolute Gasteiger partial charge is 0.261 e. The minimum atomic E-state index is -0.733. The topological polar surface area (TPSA) is 64.1 Å². The molecule has 1 N–H and O–H groups in total. The molecule has 0 aliphatic rings. The van der Waals surface area contributed by atoms with E-state index in [9.17, 15) is 9.18 Å². The number of ether oxygens (including phenoxy) is 1. The highest BCUT2D eigenvalue weighted by atomic mass is 32.1. The number of nitrogens with zero attached hydrogens (tertiary/aromatic N) is 2. The van der Waals surface area contributed by atoms with Gasteiger partial charge in [-0.3, -0.25) is 9.78 Å². The van der Waals surface area contributed by atoms with Crippen LogP contribution in [0.1, 0.15) is 17.5 Å². The molecule has 0 bridgehead atoms. The van der Waals surface area contributed by atoms with Crippen LogP contribution in [0.5, 0.6) is 5.75 Å². The van der Waals surface area contributed by atoms with Crippen LogP contribution >= 0.6 is 11.3 Å². The second-order valence-electron chi connectivity index (χ2n) is 5.70. The van der Waals surface area contributed by atoms with Gasteiger partial charge in [-0.25, -0.2) is 9.37 Å². The van der Waals surface area contributed by atoms with Crippen molar-refractivity contribution in [2.75, 3.05) is 0 Å². The molecule has 1 amide bonds. The van der Waals surface area contributed by atoms with Crippen LogP contribution in [0.15, 0.2) is 48.8 Å². The molecule has 3 aromatic rings. The number of aromatic nitrogens is 2. The van der Waals surface area contributed by atoms with E-state index >= 15 is 0 Å². The maximum absolute atomic E-state index is 13.2. The number of rotatable bonds is 6. The highest BCUT2D eigenvalue weighted by molar-refractivity contribution is 7.15. The first-order valence-electron chi connectivity index (χ1n) is 8.09. The number of halogens is 1. The number of benzene rings is 1. The van der Waals surface area contributed by atoms with E-state index in [0.29, 0.717) is 12.3 Å². The van der Waals surface area contributed by atoms with E-state index in [0.717, 1.165) is 21.1 Å². The summed E-state index contributed by atoms with van der Waals surface area (Å²) >= 11 is 1.52. The first kappa shape index (κ1) is 18.0. The number of hydrogen-bond donors (Lipinski definition) is 1. The normalized spacial score (nSPS) is 11.8. The highest BCUT2D eigenvalue weighted by Gasteiger charge is 2.16. The van der Waals surface area contributed by atoms with Crippen molar-refractivity contribution in [1.29, 1.82) is 0 Å². The second kappa shape index (κ2) is 8.05. The van der Waals surface area contributed by atoms with Crippen LogP contribution in [0.4, 0.5) is 4.39 Å². The van der Waals surface area contributed by atoms with Crippen LogP contribution in [-0.4, -0.2) is 22.0 Å². The van der Waals surface area contributed by atoms with Gasteiger partial charge in [0, 0.05) is 28.9 Å². The third kappa shape index (κ3) is 4.43. The molecule has 1 aromatic carbocycles. The van der Waals surface area contributed by atoms with E-state index in [1.165, 1.54) is 29.5 Å². The molecule has 134 valence electrons. The molecule has 2 aromatic heterocycles. The van der Waals surface area contributed by atoms with Crippen molar-refractivity contribution in [2.24, 2.45) is 0 Å². The molecule has 0 fully saturated rings. The number of carbonyl (C=O) groups is 1. The molecule has 1 unspecified atom stereocenters. The Balaban J connectivity index is 1.60. The standard InChI is InChI=1S/C19H18FN3O2S/c1-12-17(26-19(23-12)14-5-4-8-21-10-14)11-22-18(24)13(2)25-16-7-3-6-15(20)9-16/h3-10,13H,11H2,1-2H3,(H,22,24). The van der Waals surface area contributed by atoms with Crippen molar-refractivity contribution in [3.05, 3.63) is 65.2 Å². The molecular formula is C19H18FN3O2S. The summed E-state index contributed by atoms with van der Waals surface area (Å²) in [5.74, 6) is -0.358. The molecule has 1 atom stereocenters. The summed E-state index contributed by atoms with van der Waals surface area (Å²) in [7, 11) is 0. The van der Waals surface area contributed by atoms with Crippen LogP contribution in [0.25, 0.3) is 10.6 Å². The van der Waals surface area contributed by atoms with Gasteiger partial charge in [-0.2, -0.15) is 0 Å². The zero-order valence-corrected chi connectivity index (χ0v) is 15.2. The number of aryl methyl sites for hydroxylation is 1. The largest absolute Gasteiger partial charge is 0.481 e. The SMILES string of the molecule is Cc1nc(-c2cccnc2)sc1CNC(=O)C(C)Oc1cccc(F)c1. The highest BCUT2D eigenvalue weighted by Crippen LogP contribution is 2.27. The third-order valence-corrected chi connectivity index (χ3v) is 4.91. The molecule has 26 heavy (non-hydrogen) atoms. The van der Waals surface area contributed by atoms with Gasteiger partial charge in [0.2, 0.25) is 0 Å². The van der Waals surface area contributed by atoms with Crippen molar-refractivity contribution in [3.63, 3.8) is 0 Å². The van der Waals surface area contributed by atoms with Gasteiger partial charge in [-0.05, 0) is 38.1 Å². The van der Waals surface area contributed by atoms with E-state index in [-0.39, 0.29) is 5.91 Å². The van der Waals surface area contributed by atoms with Gasteiger partial charge in [0.25, 0.3) is 5.91 Å². The number of amides is 1. The lowest BCUT2D eigenvalue weighted by Crippen LogP contribution is -2.35. The summed E-state index contributed by atoms with van der Waals surface area (Å²) in [6, 6.07) is 9.53. The Hall–Kier alpha value is -2.80. The molecule has 3 rings (SSSR count). The number of thiazole rings is 1. The summed E-state index contributed by atoms with van der Waals surface area (Å²) in [5.41, 5.74) is 1.81. The maximum Gasteiger partial charge on any atom is 0.261 e. The van der Waals surface area contributed by atoms with E-state index in [2.05, 4.69) is 15.3 Å². The van der Waals surface area contributed by atoms with Gasteiger partial charge in [-0.1, -0.05) is 6.07 Å². The zero-order chi connectivity index (χ0) is 18.5. The molecule has 0 saturated carbocycles. The van der Waals surface area contributed by atoms with E-state index in [1.54, 1.807) is 25.4 Å². The predicted octanol–water partition coefficient (Wildman–Crippen LogP) is 3.74. The van der Waals surface area contributed by atoms with Gasteiger partial charge in [0.1, 0.15) is 16.6 Å². The fourth-order valence-electron chi connectivity index (χ4n) is 2.31. The lowest BCUT2D eigenvalue weighted by Gasteiger charge is -2.14. The molecule has 0 radical (unpaired) electrons. The average Bonchev–Trinajstić information content (AvgIpc) is 3.01. The molecular weight excluding hydrogens is 353 g/mol. The Labute approximate surface area is 154 Å². The lowest BCUT2D eigenvalue weighted by atomic mass is 10.3. The lowest BCUT2D eigenvalue weighted by molar-refractivity contribution is -0.127. The molecule has 0 spiro atoms. The van der Waals surface area contributed by atoms with Gasteiger partial charge in [0.15, 0.2) is 6.10 Å². The van der Waals surface area contributed by atoms with Crippen molar-refractivity contribution >= 4 is 17.2 Å². The van der Waals surface area contributed by atoms with Gasteiger partial charge >= 0.3 is 0 Å². The molecule has 0 saturated heterocycles. The Morgan fingerprint density at radius 1 is 1.35 bits per heavy atom. The first-order valence-corrected chi connectivity index (χ1v) is 8.91. The van der Waals surface area contributed by atoms with E-state index in [1.807, 2.05) is 19.1 Å². The second-order valence-corrected chi connectivity index (χ2v) is 6.79. The monoisotopic (exact) mass is 371 g/mol. The maximum atomic E-state index is 13.2. The third-order valence-electron chi connectivity index (χ3n) is 3.70. The van der Waals surface area contributed by atoms with Crippen LogP contribution in [0, 0.1) is 12.7 Å². The van der Waals surface area contributed by atoms with Gasteiger partial charge < -0.3 is 10.1 Å². The number of pyridine rings is 1. The molecule has 2 heterocycles. The fraction of sp³-hybridized carbons (Fsp3) is 0.211. The summed E-state index contributed by atoms with van der Waals surface area (Å²) in [6.07, 6.45) is 2.74. The molecule has 5 nitrogen and oxygen atoms in total. The Morgan fingerprint density at radius 2 is 2.19 bits per heavy atom. The summed E-state index contributed by atoms with van der Waals surface area (Å²) in [6.45, 7) is 3.89. The summed E-state index contributed by atoms with van der Waals surface area (Å²) in [4.78, 5) is 21.8. The fourth-order valence-corrected chi connectivity index (χ4v) is 3.31. The summed E-state index contributed by atoms with van der Waals surface area (Å²) < 4.78 is 18.7. The minimum absolute atomic E-state index is 0.273. The molecule has 0 aliphatic heterocycles. The van der Waals surface area contributed by atoms with Crippen molar-refractivity contribution in [1.82, 2.24) is 15.3 Å². The predicted molar refractivity (Wildman–Crippen MR) is 98.4 cm³/mol. The average molecular weight is 371 g/mol. The first-order chi connectivity index (χ1) is 12.5.